The van der Waals surface area contributed by atoms with E-state index in [9.17, 15) is 13.2 Å². The van der Waals surface area contributed by atoms with E-state index in [-0.39, 0.29) is 23.9 Å². The Morgan fingerprint density at radius 1 is 1.15 bits per heavy atom. The summed E-state index contributed by atoms with van der Waals surface area (Å²) in [5.41, 5.74) is 1.46. The third-order valence-electron chi connectivity index (χ3n) is 4.52. The van der Waals surface area contributed by atoms with Crippen LogP contribution in [0.4, 0.5) is 0 Å². The molecule has 0 radical (unpaired) electrons. The summed E-state index contributed by atoms with van der Waals surface area (Å²) in [6, 6.07) is 7.12. The zero-order chi connectivity index (χ0) is 19.4. The van der Waals surface area contributed by atoms with Crippen molar-refractivity contribution in [3.05, 3.63) is 60.3 Å². The van der Waals surface area contributed by atoms with Gasteiger partial charge in [-0.3, -0.25) is 9.78 Å². The molecule has 142 valence electrons. The molecule has 0 bridgehead atoms. The number of benzene rings is 1. The number of carbonyl (C=O) groups is 1. The van der Waals surface area contributed by atoms with Gasteiger partial charge in [0.1, 0.15) is 4.90 Å². The summed E-state index contributed by atoms with van der Waals surface area (Å²) in [5, 5.41) is 0.805. The molecule has 3 rings (SSSR count). The quantitative estimate of drug-likeness (QED) is 0.599. The number of fused-ring (bicyclic) bond motifs is 1. The predicted octanol–water partition coefficient (Wildman–Crippen LogP) is 2.51. The first-order valence-corrected chi connectivity index (χ1v) is 10.3. The maximum Gasteiger partial charge on any atom is 0.246 e. The second-order valence-electron chi connectivity index (χ2n) is 6.45. The van der Waals surface area contributed by atoms with Crippen molar-refractivity contribution in [1.82, 2.24) is 14.2 Å². The summed E-state index contributed by atoms with van der Waals surface area (Å²) in [6.45, 7) is 5.09. The van der Waals surface area contributed by atoms with E-state index in [1.54, 1.807) is 35.4 Å². The second-order valence-corrected chi connectivity index (χ2v) is 8.36. The van der Waals surface area contributed by atoms with Crippen LogP contribution < -0.4 is 0 Å². The Hall–Kier alpha value is -2.51. The van der Waals surface area contributed by atoms with E-state index in [0.717, 1.165) is 10.9 Å². The highest BCUT2D eigenvalue weighted by molar-refractivity contribution is 7.89. The molecule has 1 aliphatic heterocycles. The number of carbonyl (C=O) groups excluding carboxylic acids is 1. The van der Waals surface area contributed by atoms with Crippen molar-refractivity contribution in [2.24, 2.45) is 0 Å². The number of aryl methyl sites for hydroxylation is 1. The number of pyridine rings is 1. The molecule has 1 amide bonds. The van der Waals surface area contributed by atoms with Crippen molar-refractivity contribution in [3.8, 4) is 0 Å². The highest BCUT2D eigenvalue weighted by atomic mass is 32.2. The average Bonchev–Trinajstić information content (AvgIpc) is 2.67. The van der Waals surface area contributed by atoms with Gasteiger partial charge in [0, 0.05) is 43.8 Å². The monoisotopic (exact) mass is 385 g/mol. The number of hydrogen-bond donors (Lipinski definition) is 0. The standard InChI is InChI=1S/C20H23N3O3S/c1-3-4-5-9-19(24)22-10-12-23(13-11-22)27(25,26)18-8-6-7-17-14-16(2)15-21-20(17)18/h3-9,14-15H,10-13H2,1-2H3/b4-3+,9-5+. The number of nitrogens with zero attached hydrogens (tertiary/aromatic N) is 3. The van der Waals surface area contributed by atoms with Crippen LogP contribution in [0.1, 0.15) is 12.5 Å². The lowest BCUT2D eigenvalue weighted by Gasteiger charge is -2.33. The van der Waals surface area contributed by atoms with Crippen LogP contribution in [0.25, 0.3) is 10.9 Å². The fraction of sp³-hybridized carbons (Fsp3) is 0.300. The summed E-state index contributed by atoms with van der Waals surface area (Å²) in [7, 11) is -3.67. The fourth-order valence-corrected chi connectivity index (χ4v) is 4.68. The van der Waals surface area contributed by atoms with Crippen LogP contribution in [0, 0.1) is 6.92 Å². The minimum absolute atomic E-state index is 0.104. The van der Waals surface area contributed by atoms with Crippen molar-refractivity contribution < 1.29 is 13.2 Å². The predicted molar refractivity (Wildman–Crippen MR) is 106 cm³/mol. The molecule has 0 saturated carbocycles. The SMILES string of the molecule is C/C=C/C=C/C(=O)N1CCN(S(=O)(=O)c2cccc3cc(C)cnc23)CC1. The Kier molecular flexibility index (Phi) is 5.72. The normalized spacial score (nSPS) is 16.6. The molecule has 1 aromatic heterocycles. The van der Waals surface area contributed by atoms with Gasteiger partial charge in [0.25, 0.3) is 0 Å². The van der Waals surface area contributed by atoms with Gasteiger partial charge < -0.3 is 4.90 Å². The first-order valence-electron chi connectivity index (χ1n) is 8.87. The summed E-state index contributed by atoms with van der Waals surface area (Å²) >= 11 is 0. The average molecular weight is 385 g/mol. The molecule has 0 spiro atoms. The summed E-state index contributed by atoms with van der Waals surface area (Å²) in [6.07, 6.45) is 8.49. The maximum absolute atomic E-state index is 13.1. The molecule has 2 aromatic rings. The van der Waals surface area contributed by atoms with Crippen LogP contribution in [-0.2, 0) is 14.8 Å². The highest BCUT2D eigenvalue weighted by Crippen LogP contribution is 2.25. The van der Waals surface area contributed by atoms with Crippen LogP contribution in [0.2, 0.25) is 0 Å². The van der Waals surface area contributed by atoms with Crippen LogP contribution in [-0.4, -0.2) is 54.7 Å². The maximum atomic E-state index is 13.1. The fourth-order valence-electron chi connectivity index (χ4n) is 3.09. The van der Waals surface area contributed by atoms with E-state index in [0.29, 0.717) is 18.6 Å². The van der Waals surface area contributed by atoms with E-state index in [4.69, 9.17) is 0 Å². The molecule has 0 unspecified atom stereocenters. The smallest absolute Gasteiger partial charge is 0.246 e. The molecule has 1 saturated heterocycles. The van der Waals surface area contributed by atoms with Crippen molar-refractivity contribution in [2.75, 3.05) is 26.2 Å². The Balaban J connectivity index is 1.79. The summed E-state index contributed by atoms with van der Waals surface area (Å²) in [4.78, 5) is 18.4. The molecule has 0 aliphatic carbocycles. The number of piperazine rings is 1. The van der Waals surface area contributed by atoms with Crippen LogP contribution >= 0.6 is 0 Å². The minimum Gasteiger partial charge on any atom is -0.337 e. The molecule has 0 N–H and O–H groups in total. The molecule has 7 heteroatoms. The van der Waals surface area contributed by atoms with Gasteiger partial charge in [-0.1, -0.05) is 30.4 Å². The Bertz CT molecular complexity index is 1000. The van der Waals surface area contributed by atoms with Gasteiger partial charge in [0.05, 0.1) is 5.52 Å². The summed E-state index contributed by atoms with van der Waals surface area (Å²) < 4.78 is 27.7. The molecule has 0 atom stereocenters. The Labute approximate surface area is 159 Å². The van der Waals surface area contributed by atoms with E-state index in [2.05, 4.69) is 4.98 Å². The van der Waals surface area contributed by atoms with Crippen LogP contribution in [0.5, 0.6) is 0 Å². The summed E-state index contributed by atoms with van der Waals surface area (Å²) in [5.74, 6) is -0.104. The van der Waals surface area contributed by atoms with Crippen LogP contribution in [0.3, 0.4) is 0 Å². The number of hydrogen-bond acceptors (Lipinski definition) is 4. The zero-order valence-electron chi connectivity index (χ0n) is 15.5. The number of allylic oxidation sites excluding steroid dienone is 3. The number of para-hydroxylation sites is 1. The third-order valence-corrected chi connectivity index (χ3v) is 6.45. The van der Waals surface area contributed by atoms with E-state index >= 15 is 0 Å². The molecule has 1 fully saturated rings. The highest BCUT2D eigenvalue weighted by Gasteiger charge is 2.31. The molecule has 6 nitrogen and oxygen atoms in total. The minimum atomic E-state index is -3.67. The molecular weight excluding hydrogens is 362 g/mol. The van der Waals surface area contributed by atoms with Crippen molar-refractivity contribution in [3.63, 3.8) is 0 Å². The lowest BCUT2D eigenvalue weighted by atomic mass is 10.2. The van der Waals surface area contributed by atoms with Gasteiger partial charge >= 0.3 is 0 Å². The van der Waals surface area contributed by atoms with Gasteiger partial charge in [0.15, 0.2) is 0 Å². The number of amides is 1. The van der Waals surface area contributed by atoms with Gasteiger partial charge in [-0.05, 0) is 31.5 Å². The number of sulfonamides is 1. The molecular formula is C20H23N3O3S. The van der Waals surface area contributed by atoms with Crippen LogP contribution in [0.15, 0.2) is 59.7 Å². The van der Waals surface area contributed by atoms with Crippen molar-refractivity contribution >= 4 is 26.8 Å². The number of rotatable bonds is 4. The molecule has 2 heterocycles. The molecule has 27 heavy (non-hydrogen) atoms. The van der Waals surface area contributed by atoms with Gasteiger partial charge in [0.2, 0.25) is 15.9 Å². The topological polar surface area (TPSA) is 70.6 Å². The lowest BCUT2D eigenvalue weighted by Crippen LogP contribution is -2.50. The van der Waals surface area contributed by atoms with Gasteiger partial charge in [-0.15, -0.1) is 0 Å². The molecule has 1 aliphatic rings. The van der Waals surface area contributed by atoms with Gasteiger partial charge in [-0.25, -0.2) is 8.42 Å². The third kappa shape index (κ3) is 4.09. The van der Waals surface area contributed by atoms with E-state index in [1.807, 2.05) is 32.1 Å². The zero-order valence-corrected chi connectivity index (χ0v) is 16.3. The Morgan fingerprint density at radius 3 is 2.59 bits per heavy atom. The first-order chi connectivity index (χ1) is 12.9. The van der Waals surface area contributed by atoms with Gasteiger partial charge in [-0.2, -0.15) is 4.31 Å². The Morgan fingerprint density at radius 2 is 1.89 bits per heavy atom. The van der Waals surface area contributed by atoms with Crippen molar-refractivity contribution in [1.29, 1.82) is 0 Å². The van der Waals surface area contributed by atoms with E-state index in [1.165, 1.54) is 10.4 Å². The second kappa shape index (κ2) is 8.02. The van der Waals surface area contributed by atoms with E-state index < -0.39 is 10.0 Å². The molecule has 1 aromatic carbocycles. The first kappa shape index (κ1) is 19.3. The van der Waals surface area contributed by atoms with Crippen molar-refractivity contribution in [2.45, 2.75) is 18.7 Å². The largest absolute Gasteiger partial charge is 0.337 e. The number of aromatic nitrogens is 1. The lowest BCUT2D eigenvalue weighted by molar-refractivity contribution is -0.127.